The molecule has 1 aromatic heterocycles. The summed E-state index contributed by atoms with van der Waals surface area (Å²) >= 11 is 5.55. The Morgan fingerprint density at radius 2 is 1.80 bits per heavy atom. The molecule has 106 valence electrons. The molecule has 20 heavy (non-hydrogen) atoms. The number of rotatable bonds is 4. The van der Waals surface area contributed by atoms with Crippen molar-refractivity contribution in [2.75, 3.05) is 0 Å². The Hall–Kier alpha value is -1.50. The summed E-state index contributed by atoms with van der Waals surface area (Å²) in [5.41, 5.74) is 1.95. The number of aryl methyl sites for hydroxylation is 1. The van der Waals surface area contributed by atoms with E-state index >= 15 is 0 Å². The van der Waals surface area contributed by atoms with Gasteiger partial charge in [-0.05, 0) is 36.6 Å². The van der Waals surface area contributed by atoms with Gasteiger partial charge in [0.2, 0.25) is 15.3 Å². The van der Waals surface area contributed by atoms with E-state index in [1.165, 1.54) is 12.4 Å². The van der Waals surface area contributed by atoms with E-state index in [-0.39, 0.29) is 16.2 Å². The highest BCUT2D eigenvalue weighted by Crippen LogP contribution is 2.19. The molecule has 0 radical (unpaired) electrons. The van der Waals surface area contributed by atoms with Gasteiger partial charge in [-0.1, -0.05) is 24.3 Å². The fraction of sp³-hybridized carbons (Fsp3) is 0.231. The second-order valence-corrected chi connectivity index (χ2v) is 6.44. The first-order valence-electron chi connectivity index (χ1n) is 5.95. The summed E-state index contributed by atoms with van der Waals surface area (Å²) in [6, 6.07) is 7.26. The molecule has 2 rings (SSSR count). The number of hydrogen-bond acceptors (Lipinski definition) is 4. The molecule has 1 heterocycles. The molecule has 0 saturated heterocycles. The average molecular weight is 312 g/mol. The molecule has 0 aliphatic carbocycles. The quantitative estimate of drug-likeness (QED) is 0.880. The van der Waals surface area contributed by atoms with Gasteiger partial charge in [-0.2, -0.15) is 0 Å². The third-order valence-corrected chi connectivity index (χ3v) is 4.58. The zero-order valence-electron chi connectivity index (χ0n) is 11.0. The third-order valence-electron chi connectivity index (χ3n) is 2.89. The van der Waals surface area contributed by atoms with Crippen LogP contribution in [0.4, 0.5) is 0 Å². The van der Waals surface area contributed by atoms with Crippen LogP contribution in [0.2, 0.25) is 5.28 Å². The predicted octanol–water partition coefficient (Wildman–Crippen LogP) is 2.48. The van der Waals surface area contributed by atoms with Gasteiger partial charge in [0.05, 0.1) is 12.4 Å². The number of benzene rings is 1. The first-order chi connectivity index (χ1) is 9.40. The summed E-state index contributed by atoms with van der Waals surface area (Å²) in [6.07, 6.45) is 2.37. The highest BCUT2D eigenvalue weighted by atomic mass is 35.5. The third kappa shape index (κ3) is 3.33. The van der Waals surface area contributed by atoms with Gasteiger partial charge in [0.1, 0.15) is 4.90 Å². The Balaban J connectivity index is 2.24. The van der Waals surface area contributed by atoms with Crippen LogP contribution in [0.15, 0.2) is 41.6 Å². The second-order valence-electron chi connectivity index (χ2n) is 4.39. The van der Waals surface area contributed by atoms with Crippen LogP contribution >= 0.6 is 11.6 Å². The van der Waals surface area contributed by atoms with Crippen molar-refractivity contribution in [2.24, 2.45) is 0 Å². The fourth-order valence-electron chi connectivity index (χ4n) is 1.88. The Labute approximate surface area is 123 Å². The Bertz CT molecular complexity index is 702. The van der Waals surface area contributed by atoms with Gasteiger partial charge in [0, 0.05) is 6.04 Å². The van der Waals surface area contributed by atoms with Crippen LogP contribution < -0.4 is 4.72 Å². The molecule has 0 spiro atoms. The standard InChI is InChI=1S/C13H14ClN3O2S/c1-9-5-3-4-6-12(9)10(2)17-20(18,19)11-7-15-13(14)16-8-11/h3-8,10,17H,1-2H3. The average Bonchev–Trinajstić information content (AvgIpc) is 2.39. The molecule has 0 saturated carbocycles. The molecule has 0 aliphatic rings. The van der Waals surface area contributed by atoms with Gasteiger partial charge in [0.15, 0.2) is 0 Å². The summed E-state index contributed by atoms with van der Waals surface area (Å²) in [6.45, 7) is 3.72. The van der Waals surface area contributed by atoms with Crippen molar-refractivity contribution in [1.29, 1.82) is 0 Å². The van der Waals surface area contributed by atoms with Crippen LogP contribution in [0.3, 0.4) is 0 Å². The molecule has 1 N–H and O–H groups in total. The largest absolute Gasteiger partial charge is 0.244 e. The summed E-state index contributed by atoms with van der Waals surface area (Å²) < 4.78 is 27.0. The van der Waals surface area contributed by atoms with Crippen molar-refractivity contribution in [1.82, 2.24) is 14.7 Å². The summed E-state index contributed by atoms with van der Waals surface area (Å²) in [5, 5.41) is 0.0101. The zero-order valence-corrected chi connectivity index (χ0v) is 12.6. The van der Waals surface area contributed by atoms with Crippen LogP contribution in [0.5, 0.6) is 0 Å². The van der Waals surface area contributed by atoms with Crippen LogP contribution in [0, 0.1) is 6.92 Å². The van der Waals surface area contributed by atoms with Crippen molar-refractivity contribution in [3.8, 4) is 0 Å². The SMILES string of the molecule is Cc1ccccc1C(C)NS(=O)(=O)c1cnc(Cl)nc1. The molecule has 7 heteroatoms. The first-order valence-corrected chi connectivity index (χ1v) is 7.81. The van der Waals surface area contributed by atoms with Crippen molar-refractivity contribution < 1.29 is 8.42 Å². The maximum atomic E-state index is 12.2. The zero-order chi connectivity index (χ0) is 14.8. The Kier molecular flexibility index (Phi) is 4.37. The normalized spacial score (nSPS) is 13.2. The molecule has 2 aromatic rings. The topological polar surface area (TPSA) is 72.0 Å². The van der Waals surface area contributed by atoms with E-state index in [1.807, 2.05) is 31.2 Å². The van der Waals surface area contributed by atoms with Gasteiger partial charge in [0.25, 0.3) is 0 Å². The fourth-order valence-corrected chi connectivity index (χ4v) is 3.09. The molecule has 0 bridgehead atoms. The monoisotopic (exact) mass is 311 g/mol. The van der Waals surface area contributed by atoms with Crippen LogP contribution in [-0.2, 0) is 10.0 Å². The molecular weight excluding hydrogens is 298 g/mol. The molecule has 1 unspecified atom stereocenters. The van der Waals surface area contributed by atoms with Gasteiger partial charge in [-0.3, -0.25) is 0 Å². The molecule has 0 fully saturated rings. The van der Waals surface area contributed by atoms with E-state index in [4.69, 9.17) is 11.6 Å². The molecule has 0 amide bonds. The number of hydrogen-bond donors (Lipinski definition) is 1. The lowest BCUT2D eigenvalue weighted by molar-refractivity contribution is 0.565. The minimum Gasteiger partial charge on any atom is -0.225 e. The number of nitrogens with zero attached hydrogens (tertiary/aromatic N) is 2. The van der Waals surface area contributed by atoms with Gasteiger partial charge in [-0.25, -0.2) is 23.1 Å². The van der Waals surface area contributed by atoms with E-state index < -0.39 is 10.0 Å². The van der Waals surface area contributed by atoms with Crippen LogP contribution in [0.1, 0.15) is 24.1 Å². The summed E-state index contributed by atoms with van der Waals surface area (Å²) in [4.78, 5) is 7.34. The molecule has 0 aliphatic heterocycles. The number of aromatic nitrogens is 2. The molecule has 1 atom stereocenters. The highest BCUT2D eigenvalue weighted by Gasteiger charge is 2.20. The number of nitrogens with one attached hydrogen (secondary N) is 1. The van der Waals surface area contributed by atoms with Gasteiger partial charge in [-0.15, -0.1) is 0 Å². The van der Waals surface area contributed by atoms with Crippen molar-refractivity contribution in [3.05, 3.63) is 53.1 Å². The van der Waals surface area contributed by atoms with E-state index in [1.54, 1.807) is 6.92 Å². The Morgan fingerprint density at radius 3 is 2.40 bits per heavy atom. The molecular formula is C13H14ClN3O2S. The highest BCUT2D eigenvalue weighted by molar-refractivity contribution is 7.89. The minimum absolute atomic E-state index is 0.0101. The number of sulfonamides is 1. The maximum absolute atomic E-state index is 12.2. The Morgan fingerprint density at radius 1 is 1.20 bits per heavy atom. The van der Waals surface area contributed by atoms with Gasteiger partial charge >= 0.3 is 0 Å². The van der Waals surface area contributed by atoms with Crippen molar-refractivity contribution in [3.63, 3.8) is 0 Å². The minimum atomic E-state index is -3.67. The van der Waals surface area contributed by atoms with Crippen LogP contribution in [-0.4, -0.2) is 18.4 Å². The lowest BCUT2D eigenvalue weighted by atomic mass is 10.0. The first kappa shape index (κ1) is 14.9. The summed E-state index contributed by atoms with van der Waals surface area (Å²) in [7, 11) is -3.67. The van der Waals surface area contributed by atoms with Crippen molar-refractivity contribution >= 4 is 21.6 Å². The smallest absolute Gasteiger partial charge is 0.225 e. The van der Waals surface area contributed by atoms with E-state index in [0.717, 1.165) is 11.1 Å². The van der Waals surface area contributed by atoms with E-state index in [9.17, 15) is 8.42 Å². The summed E-state index contributed by atoms with van der Waals surface area (Å²) in [5.74, 6) is 0. The van der Waals surface area contributed by atoms with Crippen LogP contribution in [0.25, 0.3) is 0 Å². The second kappa shape index (κ2) is 5.87. The van der Waals surface area contributed by atoms with Gasteiger partial charge < -0.3 is 0 Å². The number of halogens is 1. The van der Waals surface area contributed by atoms with E-state index in [0.29, 0.717) is 0 Å². The predicted molar refractivity (Wildman–Crippen MR) is 77.0 cm³/mol. The van der Waals surface area contributed by atoms with E-state index in [2.05, 4.69) is 14.7 Å². The maximum Gasteiger partial charge on any atom is 0.244 e. The molecule has 5 nitrogen and oxygen atoms in total. The molecule has 1 aromatic carbocycles. The van der Waals surface area contributed by atoms with Crippen molar-refractivity contribution in [2.45, 2.75) is 24.8 Å². The lowest BCUT2D eigenvalue weighted by Crippen LogP contribution is -2.27. The lowest BCUT2D eigenvalue weighted by Gasteiger charge is -2.16.